The number of nitro groups is 1. The van der Waals surface area contributed by atoms with E-state index >= 15 is 0 Å². The van der Waals surface area contributed by atoms with Crippen LogP contribution in [-0.4, -0.2) is 28.4 Å². The second-order valence-corrected chi connectivity index (χ2v) is 4.70. The van der Waals surface area contributed by atoms with Crippen molar-refractivity contribution in [2.75, 3.05) is 6.54 Å². The maximum absolute atomic E-state index is 12.7. The summed E-state index contributed by atoms with van der Waals surface area (Å²) in [5.74, 6) is 0. The molecule has 5 nitrogen and oxygen atoms in total. The third kappa shape index (κ3) is 4.40. The van der Waals surface area contributed by atoms with Gasteiger partial charge >= 0.3 is 6.18 Å². The van der Waals surface area contributed by atoms with Crippen molar-refractivity contribution in [3.8, 4) is 0 Å². The fourth-order valence-corrected chi connectivity index (χ4v) is 1.88. The van der Waals surface area contributed by atoms with Crippen LogP contribution in [0.15, 0.2) is 24.3 Å². The third-order valence-corrected chi connectivity index (χ3v) is 3.33. The normalized spacial score (nSPS) is 14.7. The standard InChI is InChI=1S/C13H17F3N2O3/c1-2-12(19,13(14,15)16)7-8-17-9-10-5-3-4-6-11(10)18(20)21/h3-6,17,19H,2,7-9H2,1H3. The Kier molecular flexibility index (Phi) is 5.68. The second-order valence-electron chi connectivity index (χ2n) is 4.70. The highest BCUT2D eigenvalue weighted by molar-refractivity contribution is 5.39. The Morgan fingerprint density at radius 3 is 2.48 bits per heavy atom. The zero-order valence-electron chi connectivity index (χ0n) is 11.5. The van der Waals surface area contributed by atoms with E-state index in [4.69, 9.17) is 0 Å². The number of halogens is 3. The van der Waals surface area contributed by atoms with Crippen molar-refractivity contribution in [1.82, 2.24) is 5.32 Å². The van der Waals surface area contributed by atoms with E-state index in [2.05, 4.69) is 5.32 Å². The molecule has 1 unspecified atom stereocenters. The summed E-state index contributed by atoms with van der Waals surface area (Å²) in [6.45, 7) is 1.22. The molecule has 0 aliphatic carbocycles. The number of nitrogens with one attached hydrogen (secondary N) is 1. The van der Waals surface area contributed by atoms with Gasteiger partial charge in [0.1, 0.15) is 0 Å². The molecule has 0 spiro atoms. The molecule has 1 aromatic rings. The summed E-state index contributed by atoms with van der Waals surface area (Å²) in [7, 11) is 0. The minimum Gasteiger partial charge on any atom is -0.380 e. The smallest absolute Gasteiger partial charge is 0.380 e. The molecular weight excluding hydrogens is 289 g/mol. The van der Waals surface area contributed by atoms with Gasteiger partial charge in [0.2, 0.25) is 0 Å². The first-order valence-corrected chi connectivity index (χ1v) is 6.43. The monoisotopic (exact) mass is 306 g/mol. The Hall–Kier alpha value is -1.67. The molecule has 0 aliphatic rings. The van der Waals surface area contributed by atoms with Gasteiger partial charge in [-0.05, 0) is 19.4 Å². The van der Waals surface area contributed by atoms with E-state index in [0.717, 1.165) is 0 Å². The Morgan fingerprint density at radius 1 is 1.33 bits per heavy atom. The molecule has 0 amide bonds. The summed E-state index contributed by atoms with van der Waals surface area (Å²) in [6.07, 6.45) is -5.64. The van der Waals surface area contributed by atoms with E-state index in [0.29, 0.717) is 5.56 Å². The SMILES string of the molecule is CCC(O)(CCNCc1ccccc1[N+](=O)[O-])C(F)(F)F. The zero-order valence-corrected chi connectivity index (χ0v) is 11.5. The second kappa shape index (κ2) is 6.86. The number of nitro benzene ring substituents is 1. The van der Waals surface area contributed by atoms with Crippen LogP contribution in [0.2, 0.25) is 0 Å². The van der Waals surface area contributed by atoms with Crippen LogP contribution in [0.4, 0.5) is 18.9 Å². The van der Waals surface area contributed by atoms with Crippen molar-refractivity contribution in [2.24, 2.45) is 0 Å². The van der Waals surface area contributed by atoms with E-state index < -0.39 is 29.5 Å². The summed E-state index contributed by atoms with van der Waals surface area (Å²) in [4.78, 5) is 10.2. The molecule has 0 saturated heterocycles. The van der Waals surface area contributed by atoms with Crippen LogP contribution in [0.3, 0.4) is 0 Å². The largest absolute Gasteiger partial charge is 0.417 e. The molecule has 0 heterocycles. The number of aliphatic hydroxyl groups is 1. The maximum Gasteiger partial charge on any atom is 0.417 e. The van der Waals surface area contributed by atoms with Crippen molar-refractivity contribution in [3.05, 3.63) is 39.9 Å². The van der Waals surface area contributed by atoms with Gasteiger partial charge in [-0.1, -0.05) is 25.1 Å². The summed E-state index contributed by atoms with van der Waals surface area (Å²) in [5.41, 5.74) is -2.44. The van der Waals surface area contributed by atoms with E-state index in [1.807, 2.05) is 0 Å². The first-order chi connectivity index (χ1) is 9.71. The molecule has 1 atom stereocenters. The summed E-state index contributed by atoms with van der Waals surface area (Å²) >= 11 is 0. The predicted molar refractivity (Wildman–Crippen MR) is 70.7 cm³/mol. The van der Waals surface area contributed by atoms with E-state index in [9.17, 15) is 28.4 Å². The third-order valence-electron chi connectivity index (χ3n) is 3.33. The number of para-hydroxylation sites is 1. The van der Waals surface area contributed by atoms with Crippen LogP contribution in [-0.2, 0) is 6.54 Å². The van der Waals surface area contributed by atoms with E-state index in [-0.39, 0.29) is 18.8 Å². The van der Waals surface area contributed by atoms with Gasteiger partial charge in [0.05, 0.1) is 4.92 Å². The highest BCUT2D eigenvalue weighted by Gasteiger charge is 2.51. The molecule has 0 radical (unpaired) electrons. The fourth-order valence-electron chi connectivity index (χ4n) is 1.88. The summed E-state index contributed by atoms with van der Waals surface area (Å²) in [5, 5.41) is 23.0. The molecule has 118 valence electrons. The average Bonchev–Trinajstić information content (AvgIpc) is 2.42. The van der Waals surface area contributed by atoms with Crippen molar-refractivity contribution < 1.29 is 23.2 Å². The lowest BCUT2D eigenvalue weighted by molar-refractivity contribution is -0.385. The van der Waals surface area contributed by atoms with Gasteiger partial charge in [0.25, 0.3) is 5.69 Å². The molecule has 1 aromatic carbocycles. The van der Waals surface area contributed by atoms with E-state index in [1.54, 1.807) is 6.07 Å². The lowest BCUT2D eigenvalue weighted by Crippen LogP contribution is -2.46. The van der Waals surface area contributed by atoms with Gasteiger partial charge in [-0.2, -0.15) is 13.2 Å². The molecule has 0 fully saturated rings. The molecule has 0 bridgehead atoms. The highest BCUT2D eigenvalue weighted by Crippen LogP contribution is 2.35. The molecule has 0 aliphatic heterocycles. The highest BCUT2D eigenvalue weighted by atomic mass is 19.4. The fraction of sp³-hybridized carbons (Fsp3) is 0.538. The number of hydrogen-bond donors (Lipinski definition) is 2. The van der Waals surface area contributed by atoms with Crippen LogP contribution < -0.4 is 5.32 Å². The molecule has 0 saturated carbocycles. The van der Waals surface area contributed by atoms with E-state index in [1.165, 1.54) is 25.1 Å². The molecule has 2 N–H and O–H groups in total. The van der Waals surface area contributed by atoms with Crippen LogP contribution in [0.5, 0.6) is 0 Å². The minimum atomic E-state index is -4.69. The quantitative estimate of drug-likeness (QED) is 0.461. The number of alkyl halides is 3. The molecular formula is C13H17F3N2O3. The number of hydrogen-bond acceptors (Lipinski definition) is 4. The molecule has 1 rings (SSSR count). The lowest BCUT2D eigenvalue weighted by Gasteiger charge is -2.29. The first-order valence-electron chi connectivity index (χ1n) is 6.43. The zero-order chi connectivity index (χ0) is 16.1. The van der Waals surface area contributed by atoms with Gasteiger partial charge in [0, 0.05) is 18.2 Å². The van der Waals surface area contributed by atoms with Crippen LogP contribution >= 0.6 is 0 Å². The molecule has 8 heteroatoms. The average molecular weight is 306 g/mol. The molecule has 21 heavy (non-hydrogen) atoms. The van der Waals surface area contributed by atoms with Gasteiger partial charge < -0.3 is 10.4 Å². The Bertz CT molecular complexity index is 494. The number of nitrogens with zero attached hydrogens (tertiary/aromatic N) is 1. The van der Waals surface area contributed by atoms with Crippen molar-refractivity contribution >= 4 is 5.69 Å². The predicted octanol–water partition coefficient (Wildman–Crippen LogP) is 2.78. The van der Waals surface area contributed by atoms with Crippen LogP contribution in [0.25, 0.3) is 0 Å². The number of benzene rings is 1. The minimum absolute atomic E-state index is 0.0643. The van der Waals surface area contributed by atoms with Crippen LogP contribution in [0.1, 0.15) is 25.3 Å². The molecule has 0 aromatic heterocycles. The van der Waals surface area contributed by atoms with Crippen molar-refractivity contribution in [1.29, 1.82) is 0 Å². The van der Waals surface area contributed by atoms with Gasteiger partial charge in [0.15, 0.2) is 5.60 Å². The topological polar surface area (TPSA) is 75.4 Å². The Balaban J connectivity index is 2.57. The lowest BCUT2D eigenvalue weighted by atomic mass is 9.96. The van der Waals surface area contributed by atoms with Gasteiger partial charge in [-0.3, -0.25) is 10.1 Å². The van der Waals surface area contributed by atoms with Crippen molar-refractivity contribution in [3.63, 3.8) is 0 Å². The maximum atomic E-state index is 12.7. The Morgan fingerprint density at radius 2 is 1.95 bits per heavy atom. The van der Waals surface area contributed by atoms with Crippen molar-refractivity contribution in [2.45, 2.75) is 38.1 Å². The number of rotatable bonds is 7. The van der Waals surface area contributed by atoms with Gasteiger partial charge in [-0.15, -0.1) is 0 Å². The first kappa shape index (κ1) is 17.4. The Labute approximate surface area is 119 Å². The summed E-state index contributed by atoms with van der Waals surface area (Å²) < 4.78 is 38.0. The summed E-state index contributed by atoms with van der Waals surface area (Å²) in [6, 6.07) is 5.99. The van der Waals surface area contributed by atoms with Gasteiger partial charge in [-0.25, -0.2) is 0 Å². The van der Waals surface area contributed by atoms with Crippen LogP contribution in [0, 0.1) is 10.1 Å².